The van der Waals surface area contributed by atoms with Crippen LogP contribution in [0.1, 0.15) is 22.8 Å². The highest BCUT2D eigenvalue weighted by Crippen LogP contribution is 2.29. The first kappa shape index (κ1) is 15.1. The highest BCUT2D eigenvalue weighted by atomic mass is 79.9. The number of aliphatic imine (C=N–C) groups is 1. The molecule has 0 atom stereocenters. The van der Waals surface area contributed by atoms with Crippen molar-refractivity contribution in [2.45, 2.75) is 13.5 Å². The van der Waals surface area contributed by atoms with Gasteiger partial charge in [0.25, 0.3) is 0 Å². The molecule has 1 aliphatic heterocycles. The van der Waals surface area contributed by atoms with Gasteiger partial charge >= 0.3 is 0 Å². The Morgan fingerprint density at radius 1 is 1.08 bits per heavy atom. The normalized spacial score (nSPS) is 13.1. The zero-order valence-electron chi connectivity index (χ0n) is 12.6. The van der Waals surface area contributed by atoms with E-state index < -0.39 is 11.6 Å². The number of aromatic nitrogens is 3. The van der Waals surface area contributed by atoms with E-state index in [9.17, 15) is 8.78 Å². The van der Waals surface area contributed by atoms with E-state index >= 15 is 0 Å². The summed E-state index contributed by atoms with van der Waals surface area (Å²) in [6.07, 6.45) is 0. The van der Waals surface area contributed by atoms with Gasteiger partial charge in [0.2, 0.25) is 0 Å². The second kappa shape index (κ2) is 5.59. The summed E-state index contributed by atoms with van der Waals surface area (Å²) in [5, 5.41) is 8.20. The monoisotopic (exact) mass is 388 g/mol. The van der Waals surface area contributed by atoms with Gasteiger partial charge in [-0.15, -0.1) is 10.2 Å². The predicted molar refractivity (Wildman–Crippen MR) is 89.5 cm³/mol. The van der Waals surface area contributed by atoms with Crippen molar-refractivity contribution in [1.29, 1.82) is 0 Å². The minimum atomic E-state index is -0.644. The Kier molecular flexibility index (Phi) is 3.53. The SMILES string of the molecule is Cc1nnc2n1-c1ccc(Br)cc1C(c1c(F)cccc1F)=NC2. The maximum Gasteiger partial charge on any atom is 0.159 e. The maximum atomic E-state index is 14.3. The third-order valence-corrected chi connectivity index (χ3v) is 4.42. The lowest BCUT2D eigenvalue weighted by molar-refractivity contribution is 0.579. The molecule has 0 saturated heterocycles. The van der Waals surface area contributed by atoms with E-state index in [1.165, 1.54) is 18.2 Å². The summed E-state index contributed by atoms with van der Waals surface area (Å²) in [5.41, 5.74) is 1.50. The zero-order chi connectivity index (χ0) is 16.8. The number of benzene rings is 2. The zero-order valence-corrected chi connectivity index (χ0v) is 14.2. The van der Waals surface area contributed by atoms with Crippen LogP contribution < -0.4 is 0 Å². The quantitative estimate of drug-likeness (QED) is 0.632. The van der Waals surface area contributed by atoms with Crippen molar-refractivity contribution in [3.63, 3.8) is 0 Å². The molecule has 4 nitrogen and oxygen atoms in total. The molecule has 0 fully saturated rings. The summed E-state index contributed by atoms with van der Waals surface area (Å²) in [6.45, 7) is 2.02. The third kappa shape index (κ3) is 2.27. The van der Waals surface area contributed by atoms with Crippen LogP contribution in [0.2, 0.25) is 0 Å². The summed E-state index contributed by atoms with van der Waals surface area (Å²) in [5.74, 6) is 0.0324. The lowest BCUT2D eigenvalue weighted by Crippen LogP contribution is -2.12. The summed E-state index contributed by atoms with van der Waals surface area (Å²) < 4.78 is 31.3. The molecule has 2 heterocycles. The fourth-order valence-corrected chi connectivity index (χ4v) is 3.25. The van der Waals surface area contributed by atoms with Crippen LogP contribution >= 0.6 is 15.9 Å². The van der Waals surface area contributed by atoms with Gasteiger partial charge in [-0.1, -0.05) is 22.0 Å². The minimum Gasteiger partial charge on any atom is -0.281 e. The van der Waals surface area contributed by atoms with Gasteiger partial charge in [0.1, 0.15) is 24.0 Å². The Morgan fingerprint density at radius 3 is 2.58 bits per heavy atom. The average molecular weight is 389 g/mol. The van der Waals surface area contributed by atoms with Gasteiger partial charge in [0.15, 0.2) is 5.82 Å². The Hall–Kier alpha value is -2.41. The highest BCUT2D eigenvalue weighted by Gasteiger charge is 2.25. The lowest BCUT2D eigenvalue weighted by atomic mass is 9.99. The van der Waals surface area contributed by atoms with Crippen LogP contribution in [0.15, 0.2) is 45.9 Å². The molecule has 0 N–H and O–H groups in total. The highest BCUT2D eigenvalue weighted by molar-refractivity contribution is 9.10. The number of rotatable bonds is 1. The second-order valence-electron chi connectivity index (χ2n) is 5.42. The summed E-state index contributed by atoms with van der Waals surface area (Å²) in [6, 6.07) is 9.33. The molecular formula is C17H11BrF2N4. The van der Waals surface area contributed by atoms with Crippen LogP contribution in [0.4, 0.5) is 8.78 Å². The molecule has 0 unspecified atom stereocenters. The molecule has 4 rings (SSSR count). The van der Waals surface area contributed by atoms with Gasteiger partial charge in [-0.05, 0) is 37.3 Å². The van der Waals surface area contributed by atoms with Gasteiger partial charge in [-0.2, -0.15) is 0 Å². The predicted octanol–water partition coefficient (Wildman–Crippen LogP) is 3.97. The smallest absolute Gasteiger partial charge is 0.159 e. The van der Waals surface area contributed by atoms with E-state index in [0.29, 0.717) is 17.2 Å². The molecule has 7 heteroatoms. The van der Waals surface area contributed by atoms with Gasteiger partial charge in [0.05, 0.1) is 17.0 Å². The number of hydrogen-bond acceptors (Lipinski definition) is 3. The Bertz CT molecular complexity index is 974. The molecule has 24 heavy (non-hydrogen) atoms. The summed E-state index contributed by atoms with van der Waals surface area (Å²) in [7, 11) is 0. The molecular weight excluding hydrogens is 378 g/mol. The van der Waals surface area contributed by atoms with Crippen molar-refractivity contribution in [1.82, 2.24) is 14.8 Å². The van der Waals surface area contributed by atoms with Crippen molar-refractivity contribution >= 4 is 21.6 Å². The number of hydrogen-bond donors (Lipinski definition) is 0. The van der Waals surface area contributed by atoms with Crippen molar-refractivity contribution in [2.75, 3.05) is 0 Å². The van der Waals surface area contributed by atoms with E-state index in [-0.39, 0.29) is 17.8 Å². The first-order valence-corrected chi connectivity index (χ1v) is 8.05. The molecule has 2 aromatic carbocycles. The second-order valence-corrected chi connectivity index (χ2v) is 6.34. The van der Waals surface area contributed by atoms with Crippen molar-refractivity contribution in [3.8, 4) is 5.69 Å². The van der Waals surface area contributed by atoms with Crippen molar-refractivity contribution in [3.05, 3.63) is 75.3 Å². The topological polar surface area (TPSA) is 43.1 Å². The van der Waals surface area contributed by atoms with Crippen molar-refractivity contribution in [2.24, 2.45) is 4.99 Å². The van der Waals surface area contributed by atoms with Crippen LogP contribution in [0.3, 0.4) is 0 Å². The largest absolute Gasteiger partial charge is 0.281 e. The summed E-state index contributed by atoms with van der Waals surface area (Å²) in [4.78, 5) is 4.44. The number of fused-ring (bicyclic) bond motifs is 3. The molecule has 0 aliphatic carbocycles. The van der Waals surface area contributed by atoms with Gasteiger partial charge in [0, 0.05) is 10.0 Å². The van der Waals surface area contributed by atoms with Crippen LogP contribution in [0, 0.1) is 18.6 Å². The molecule has 0 radical (unpaired) electrons. The lowest BCUT2D eigenvalue weighted by Gasteiger charge is -2.14. The molecule has 3 aromatic rings. The number of aryl methyl sites for hydroxylation is 1. The minimum absolute atomic E-state index is 0.131. The van der Waals surface area contributed by atoms with E-state index in [4.69, 9.17) is 0 Å². The molecule has 1 aliphatic rings. The van der Waals surface area contributed by atoms with Crippen LogP contribution in [0.25, 0.3) is 5.69 Å². The number of nitrogens with zero attached hydrogens (tertiary/aromatic N) is 4. The van der Waals surface area contributed by atoms with Crippen LogP contribution in [-0.4, -0.2) is 20.5 Å². The molecule has 0 saturated carbocycles. The van der Waals surface area contributed by atoms with Gasteiger partial charge in [-0.25, -0.2) is 8.78 Å². The summed E-state index contributed by atoms with van der Waals surface area (Å²) >= 11 is 3.42. The van der Waals surface area contributed by atoms with Gasteiger partial charge < -0.3 is 0 Å². The molecule has 120 valence electrons. The fraction of sp³-hybridized carbons (Fsp3) is 0.118. The Morgan fingerprint density at radius 2 is 1.83 bits per heavy atom. The van der Waals surface area contributed by atoms with Crippen molar-refractivity contribution < 1.29 is 8.78 Å². The first-order chi connectivity index (χ1) is 11.6. The van der Waals surface area contributed by atoms with E-state index in [1.807, 2.05) is 23.6 Å². The maximum absolute atomic E-state index is 14.3. The van der Waals surface area contributed by atoms with E-state index in [2.05, 4.69) is 31.1 Å². The van der Waals surface area contributed by atoms with Crippen LogP contribution in [0.5, 0.6) is 0 Å². The molecule has 0 bridgehead atoms. The Labute approximate surface area is 145 Å². The molecule has 0 amide bonds. The Balaban J connectivity index is 2.05. The van der Waals surface area contributed by atoms with Gasteiger partial charge in [-0.3, -0.25) is 9.56 Å². The fourth-order valence-electron chi connectivity index (χ4n) is 2.89. The van der Waals surface area contributed by atoms with E-state index in [0.717, 1.165) is 10.2 Å². The number of halogens is 3. The standard InChI is InChI=1S/C17H11BrF2N4/c1-9-22-23-15-8-21-17(16-12(19)3-2-4-13(16)20)11-7-10(18)5-6-14(11)24(9)15/h2-7H,8H2,1H3. The third-order valence-electron chi connectivity index (χ3n) is 3.92. The molecule has 1 aromatic heterocycles. The van der Waals surface area contributed by atoms with E-state index in [1.54, 1.807) is 6.07 Å². The first-order valence-electron chi connectivity index (χ1n) is 7.26. The van der Waals surface area contributed by atoms with Crippen LogP contribution in [-0.2, 0) is 6.54 Å². The molecule has 0 spiro atoms. The average Bonchev–Trinajstić information content (AvgIpc) is 2.83.